The first-order valence-corrected chi connectivity index (χ1v) is 3.00. The zero-order chi connectivity index (χ0) is 2.71. The second-order valence-electron chi connectivity index (χ2n) is 0.500. The minimum Gasteiger partial charge on any atom is -0.129 e. The molecule has 26 heteroatoms. The van der Waals surface area contributed by atoms with Gasteiger partial charge in [0.1, 0.15) is 0 Å². The van der Waals surface area contributed by atoms with Crippen LogP contribution in [0.3, 0.4) is 0 Å². The van der Waals surface area contributed by atoms with Crippen LogP contribution in [-0.2, 0) is 0 Å². The van der Waals surface area contributed by atoms with E-state index in [0.29, 0.717) is 0 Å². The molecule has 0 aliphatic rings. The highest BCUT2D eigenvalue weighted by atomic mass is 31.1. The Bertz CT molecular complexity index is 16.5. The largest absolute Gasteiger partial charge is 0.129 e. The number of hydrogen-bond acceptors (Lipinski definition) is 0. The molecule has 0 bridgehead atoms. The fourth-order valence-corrected chi connectivity index (χ4v) is 0. The maximum atomic E-state index is 2.15. The monoisotopic (exact) mass is 337 g/mol. The average molecular weight is 332 g/mol. The molecule has 28 heavy (non-hydrogen) atoms. The highest BCUT2D eigenvalue weighted by Gasteiger charge is 1.33. The van der Waals surface area contributed by atoms with Gasteiger partial charge >= 0.3 is 0 Å². The van der Waals surface area contributed by atoms with E-state index in [-0.39, 0.29) is 210 Å². The Morgan fingerprint density at radius 2 is 0.179 bits per heavy atom. The van der Waals surface area contributed by atoms with Crippen LogP contribution in [0, 0.1) is 0 Å². The Kier molecular flexibility index (Phi) is 135000. The summed E-state index contributed by atoms with van der Waals surface area (Å²) >= 11 is 0. The summed E-state index contributed by atoms with van der Waals surface area (Å²) < 4.78 is 0. The molecular formula is C2H7B25P. The fraction of sp³-hybridized carbons (Fsp3) is 1.00. The lowest BCUT2D eigenvalue weighted by molar-refractivity contribution is 2.32. The molecule has 75 radical (unpaired) electrons. The molecule has 0 saturated heterocycles. The first kappa shape index (κ1) is 1540. The van der Waals surface area contributed by atoms with Crippen molar-refractivity contribution in [3.63, 3.8) is 0 Å². The Labute approximate surface area is 231 Å². The minimum atomic E-state index is 0. The second kappa shape index (κ2) is 2450. The molecule has 0 atom stereocenters. The topological polar surface area (TPSA) is 0 Å². The molecule has 0 aliphatic heterocycles. The molecule has 0 unspecified atom stereocenters. The van der Waals surface area contributed by atoms with Crippen molar-refractivity contribution >= 4 is 219 Å². The van der Waals surface area contributed by atoms with E-state index in [4.69, 9.17) is 0 Å². The summed E-state index contributed by atoms with van der Waals surface area (Å²) in [5.74, 6) is 0. The van der Waals surface area contributed by atoms with Crippen molar-refractivity contribution in [2.24, 2.45) is 0 Å². The van der Waals surface area contributed by atoms with Crippen LogP contribution in [0.15, 0.2) is 0 Å². The van der Waals surface area contributed by atoms with E-state index in [1.807, 2.05) is 0 Å². The van der Waals surface area contributed by atoms with E-state index in [1.165, 1.54) is 0 Å². The minimum absolute atomic E-state index is 0. The van der Waals surface area contributed by atoms with Crippen LogP contribution in [-0.4, -0.2) is 224 Å². The summed E-state index contributed by atoms with van der Waals surface area (Å²) in [6.45, 7) is 4.31. The third-order valence-electron chi connectivity index (χ3n) is 0. The molecule has 0 fully saturated rings. The lowest BCUT2D eigenvalue weighted by atomic mass is 10.8. The first-order chi connectivity index (χ1) is 1.41. The molecule has 0 rings (SSSR count). The normalized spacial score (nSPS) is 0.643. The molecule has 0 nitrogen and oxygen atoms in total. The van der Waals surface area contributed by atoms with E-state index < -0.39 is 0 Å². The molecule has 0 aromatic carbocycles. The Hall–Kier alpha value is 2.05. The Morgan fingerprint density at radius 1 is 0.179 bits per heavy atom. The fourth-order valence-electron chi connectivity index (χ4n) is 0. The SMILES string of the molecule is CPC.[B].[B].[B].[B].[B].[B].[B].[B].[B].[B].[B].[B].[B].[B].[B].[B].[B].[B].[B].[B].[B].[B].[B].[B].[B]. The van der Waals surface area contributed by atoms with Gasteiger partial charge in [-0.3, -0.25) is 0 Å². The molecule has 95 valence electrons. The van der Waals surface area contributed by atoms with Crippen molar-refractivity contribution in [3.05, 3.63) is 0 Å². The highest BCUT2D eigenvalue weighted by Crippen LogP contribution is 1.84. The lowest BCUT2D eigenvalue weighted by Crippen LogP contribution is -1.18. The van der Waals surface area contributed by atoms with Crippen molar-refractivity contribution in [2.45, 2.75) is 0 Å². The van der Waals surface area contributed by atoms with Crippen molar-refractivity contribution in [1.29, 1.82) is 0 Å². The Morgan fingerprint density at radius 3 is 0.179 bits per heavy atom. The predicted octanol–water partition coefficient (Wildman–Crippen LogP) is -8.60. The van der Waals surface area contributed by atoms with E-state index >= 15 is 0 Å². The van der Waals surface area contributed by atoms with Crippen molar-refractivity contribution in [3.8, 4) is 0 Å². The summed E-state index contributed by atoms with van der Waals surface area (Å²) in [6, 6.07) is 0. The van der Waals surface area contributed by atoms with E-state index in [2.05, 4.69) is 13.3 Å². The quantitative estimate of drug-likeness (QED) is 0.305. The predicted molar refractivity (Wildman–Crippen MR) is 164 cm³/mol. The molecule has 0 spiro atoms. The van der Waals surface area contributed by atoms with Gasteiger partial charge in [0.15, 0.2) is 0 Å². The molecule has 0 amide bonds. The molecule has 0 aromatic rings. The summed E-state index contributed by atoms with van der Waals surface area (Å²) in [7, 11) is 1.08. The zero-order valence-electron chi connectivity index (χ0n) is 16.9. The van der Waals surface area contributed by atoms with Gasteiger partial charge in [0.05, 0.1) is 0 Å². The first-order valence-electron chi connectivity index (χ1n) is 1.00. The average Bonchev–Trinajstić information content (AvgIpc) is 0.918. The van der Waals surface area contributed by atoms with Gasteiger partial charge in [-0.05, 0) is 13.3 Å². The Balaban J connectivity index is -0.0000000000667. The van der Waals surface area contributed by atoms with Crippen molar-refractivity contribution in [1.82, 2.24) is 0 Å². The van der Waals surface area contributed by atoms with Gasteiger partial charge in [0, 0.05) is 210 Å². The van der Waals surface area contributed by atoms with Gasteiger partial charge in [0.2, 0.25) is 0 Å². The van der Waals surface area contributed by atoms with Gasteiger partial charge < -0.3 is 0 Å². The molecule has 0 heterocycles. The van der Waals surface area contributed by atoms with Crippen LogP contribution in [0.2, 0.25) is 0 Å². The third-order valence-corrected chi connectivity index (χ3v) is 0. The summed E-state index contributed by atoms with van der Waals surface area (Å²) in [4.78, 5) is 0. The van der Waals surface area contributed by atoms with E-state index in [0.717, 1.165) is 8.58 Å². The van der Waals surface area contributed by atoms with Crippen LogP contribution < -0.4 is 0 Å². The molecule has 0 N–H and O–H groups in total. The van der Waals surface area contributed by atoms with Crippen LogP contribution in [0.4, 0.5) is 0 Å². The van der Waals surface area contributed by atoms with Gasteiger partial charge in [0.25, 0.3) is 0 Å². The lowest BCUT2D eigenvalue weighted by Gasteiger charge is -1.50. The summed E-state index contributed by atoms with van der Waals surface area (Å²) in [6.07, 6.45) is 0. The molecule has 0 aliphatic carbocycles. The smallest absolute Gasteiger partial charge is 0 e. The van der Waals surface area contributed by atoms with Crippen molar-refractivity contribution in [2.75, 3.05) is 13.3 Å². The van der Waals surface area contributed by atoms with Gasteiger partial charge in [-0.15, -0.1) is 8.58 Å². The van der Waals surface area contributed by atoms with E-state index in [1.54, 1.807) is 0 Å². The molecular weight excluding hydrogens is 325 g/mol. The van der Waals surface area contributed by atoms with Gasteiger partial charge in [-0.1, -0.05) is 0 Å². The van der Waals surface area contributed by atoms with Crippen LogP contribution in [0.25, 0.3) is 0 Å². The van der Waals surface area contributed by atoms with Crippen molar-refractivity contribution < 1.29 is 0 Å². The number of hydrogen-bond donors (Lipinski definition) is 0. The third kappa shape index (κ3) is 4870. The maximum absolute atomic E-state index is 2.15. The molecule has 0 aromatic heterocycles. The van der Waals surface area contributed by atoms with Crippen LogP contribution in [0.5, 0.6) is 0 Å². The molecule has 0 saturated carbocycles. The van der Waals surface area contributed by atoms with Crippen LogP contribution >= 0.6 is 8.58 Å². The maximum Gasteiger partial charge on any atom is 0 e. The zero-order valence-corrected chi connectivity index (χ0v) is 17.9. The second-order valence-corrected chi connectivity index (χ2v) is 1.50. The van der Waals surface area contributed by atoms with E-state index in [9.17, 15) is 0 Å². The summed E-state index contributed by atoms with van der Waals surface area (Å²) in [5, 5.41) is 0. The number of rotatable bonds is 0. The highest BCUT2D eigenvalue weighted by molar-refractivity contribution is 7.35. The van der Waals surface area contributed by atoms with Gasteiger partial charge in [-0.25, -0.2) is 0 Å². The summed E-state index contributed by atoms with van der Waals surface area (Å²) in [5.41, 5.74) is 0. The standard InChI is InChI=1S/C2H7P.25B/c1-3-2;;;;;;;;;;;;;;;;;;;;;;;;;/h3H,1-2H3;;;;;;;;;;;;;;;;;;;;;;;;;. The van der Waals surface area contributed by atoms with Gasteiger partial charge in [-0.2, -0.15) is 0 Å². The van der Waals surface area contributed by atoms with Crippen LogP contribution in [0.1, 0.15) is 0 Å².